The Hall–Kier alpha value is -1.82. The molecule has 1 amide bonds. The van der Waals surface area contributed by atoms with Crippen molar-refractivity contribution in [3.05, 3.63) is 57.7 Å². The van der Waals surface area contributed by atoms with Gasteiger partial charge in [-0.2, -0.15) is 0 Å². The zero-order valence-corrected chi connectivity index (χ0v) is 14.2. The van der Waals surface area contributed by atoms with E-state index in [1.165, 1.54) is 0 Å². The Morgan fingerprint density at radius 1 is 1.42 bits per heavy atom. The molecule has 24 heavy (non-hydrogen) atoms. The summed E-state index contributed by atoms with van der Waals surface area (Å²) in [4.78, 5) is 16.9. The highest BCUT2D eigenvalue weighted by molar-refractivity contribution is 6.35. The van der Waals surface area contributed by atoms with Crippen LogP contribution >= 0.6 is 23.2 Å². The number of benzene rings is 1. The number of hydrogen-bond acceptors (Lipinski definition) is 4. The van der Waals surface area contributed by atoms with Crippen LogP contribution in [0, 0.1) is 0 Å². The number of rotatable bonds is 4. The summed E-state index contributed by atoms with van der Waals surface area (Å²) in [5, 5.41) is 13.4. The molecule has 3 rings (SSSR count). The number of pyridine rings is 1. The Balaban J connectivity index is 1.81. The smallest absolute Gasteiger partial charge is 0.228 e. The first-order valence-electron chi connectivity index (χ1n) is 7.54. The van der Waals surface area contributed by atoms with E-state index in [0.29, 0.717) is 34.5 Å². The molecule has 0 saturated heterocycles. The van der Waals surface area contributed by atoms with Crippen molar-refractivity contribution in [1.82, 2.24) is 10.3 Å². The summed E-state index contributed by atoms with van der Waals surface area (Å²) in [5.74, 6) is -0.0887. The van der Waals surface area contributed by atoms with Gasteiger partial charge in [-0.25, -0.2) is 4.98 Å². The number of nitrogens with zero attached hydrogens (tertiary/aromatic N) is 1. The number of fused-ring (bicyclic) bond motifs is 1. The molecule has 1 aliphatic heterocycles. The van der Waals surface area contributed by atoms with E-state index in [1.807, 2.05) is 6.07 Å². The second-order valence-electron chi connectivity index (χ2n) is 5.50. The molecule has 1 aliphatic rings. The van der Waals surface area contributed by atoms with E-state index in [1.54, 1.807) is 30.5 Å². The van der Waals surface area contributed by atoms with E-state index in [2.05, 4.69) is 10.3 Å². The van der Waals surface area contributed by atoms with Gasteiger partial charge in [0.2, 0.25) is 11.8 Å². The number of aliphatic hydroxyl groups is 1. The highest BCUT2D eigenvalue weighted by Crippen LogP contribution is 2.33. The topological polar surface area (TPSA) is 71.5 Å². The van der Waals surface area contributed by atoms with Gasteiger partial charge < -0.3 is 15.2 Å². The van der Waals surface area contributed by atoms with Crippen molar-refractivity contribution >= 4 is 29.1 Å². The second-order valence-corrected chi connectivity index (χ2v) is 6.34. The molecule has 7 heteroatoms. The molecule has 0 radical (unpaired) electrons. The highest BCUT2D eigenvalue weighted by Gasteiger charge is 2.30. The van der Waals surface area contributed by atoms with Crippen LogP contribution in [0.3, 0.4) is 0 Å². The fraction of sp³-hybridized carbons (Fsp3) is 0.294. The maximum atomic E-state index is 12.7. The number of aliphatic hydroxyl groups excluding tert-OH is 1. The summed E-state index contributed by atoms with van der Waals surface area (Å²) in [6, 6.07) is 7.95. The van der Waals surface area contributed by atoms with Gasteiger partial charge in [-0.05, 0) is 30.2 Å². The third-order valence-corrected chi connectivity index (χ3v) is 4.54. The number of amides is 1. The fourth-order valence-corrected chi connectivity index (χ4v) is 3.31. The number of carbonyl (C=O) groups excluding carboxylic acids is 1. The molecule has 2 N–H and O–H groups in total. The lowest BCUT2D eigenvalue weighted by Gasteiger charge is -2.26. The van der Waals surface area contributed by atoms with E-state index in [4.69, 9.17) is 27.9 Å². The van der Waals surface area contributed by atoms with Crippen LogP contribution in [0.25, 0.3) is 0 Å². The minimum absolute atomic E-state index is 0.197. The Kier molecular flexibility index (Phi) is 5.23. The minimum atomic E-state index is -0.606. The van der Waals surface area contributed by atoms with Gasteiger partial charge in [0.05, 0.1) is 25.2 Å². The molecule has 2 atom stereocenters. The van der Waals surface area contributed by atoms with Crippen LogP contribution in [0.4, 0.5) is 0 Å². The first kappa shape index (κ1) is 17.0. The standard InChI is InChI=1S/C17H16Cl2N2O3/c18-10-3-4-13(14(19)8-10)15(9-22)21-16(23)11-5-7-24-17-12(11)2-1-6-20-17/h1-4,6,8,11,15,22H,5,7,9H2,(H,21,23)/t11?,15-/m1/s1. The summed E-state index contributed by atoms with van der Waals surface area (Å²) >= 11 is 12.1. The van der Waals surface area contributed by atoms with E-state index in [0.717, 1.165) is 5.56 Å². The summed E-state index contributed by atoms with van der Waals surface area (Å²) in [5.41, 5.74) is 1.37. The van der Waals surface area contributed by atoms with Gasteiger partial charge in [0.15, 0.2) is 0 Å². The van der Waals surface area contributed by atoms with Gasteiger partial charge in [0.25, 0.3) is 0 Å². The lowest BCUT2D eigenvalue weighted by atomic mass is 9.93. The molecule has 0 fully saturated rings. The lowest BCUT2D eigenvalue weighted by Crippen LogP contribution is -2.36. The van der Waals surface area contributed by atoms with Crippen LogP contribution in [-0.2, 0) is 4.79 Å². The summed E-state index contributed by atoms with van der Waals surface area (Å²) in [6.07, 6.45) is 2.18. The van der Waals surface area contributed by atoms with E-state index in [-0.39, 0.29) is 18.4 Å². The zero-order chi connectivity index (χ0) is 17.1. The van der Waals surface area contributed by atoms with Crippen molar-refractivity contribution in [2.75, 3.05) is 13.2 Å². The Morgan fingerprint density at radius 2 is 2.25 bits per heavy atom. The molecule has 1 unspecified atom stereocenters. The largest absolute Gasteiger partial charge is 0.477 e. The fourth-order valence-electron chi connectivity index (χ4n) is 2.77. The monoisotopic (exact) mass is 366 g/mol. The molecule has 5 nitrogen and oxygen atoms in total. The van der Waals surface area contributed by atoms with E-state index < -0.39 is 6.04 Å². The van der Waals surface area contributed by atoms with Crippen molar-refractivity contribution in [3.8, 4) is 5.88 Å². The Morgan fingerprint density at radius 3 is 3.00 bits per heavy atom. The van der Waals surface area contributed by atoms with Crippen LogP contribution in [0.2, 0.25) is 10.0 Å². The van der Waals surface area contributed by atoms with Crippen molar-refractivity contribution in [2.24, 2.45) is 0 Å². The Labute approximate surface area is 149 Å². The van der Waals surface area contributed by atoms with E-state index in [9.17, 15) is 9.90 Å². The van der Waals surface area contributed by atoms with Crippen molar-refractivity contribution in [2.45, 2.75) is 18.4 Å². The van der Waals surface area contributed by atoms with Crippen molar-refractivity contribution in [1.29, 1.82) is 0 Å². The van der Waals surface area contributed by atoms with Gasteiger partial charge in [-0.1, -0.05) is 35.3 Å². The van der Waals surface area contributed by atoms with Gasteiger partial charge >= 0.3 is 0 Å². The van der Waals surface area contributed by atoms with Crippen molar-refractivity contribution < 1.29 is 14.6 Å². The summed E-state index contributed by atoms with van der Waals surface area (Å²) < 4.78 is 5.48. The predicted molar refractivity (Wildman–Crippen MR) is 91.5 cm³/mol. The molecular weight excluding hydrogens is 351 g/mol. The third kappa shape index (κ3) is 3.48. The van der Waals surface area contributed by atoms with Gasteiger partial charge in [-0.3, -0.25) is 4.79 Å². The maximum Gasteiger partial charge on any atom is 0.228 e. The average molecular weight is 367 g/mol. The molecule has 0 spiro atoms. The van der Waals surface area contributed by atoms with E-state index >= 15 is 0 Å². The van der Waals surface area contributed by atoms with Gasteiger partial charge in [-0.15, -0.1) is 0 Å². The molecular formula is C17H16Cl2N2O3. The van der Waals surface area contributed by atoms with Crippen LogP contribution in [-0.4, -0.2) is 29.2 Å². The van der Waals surface area contributed by atoms with Crippen LogP contribution < -0.4 is 10.1 Å². The number of halogens is 2. The minimum Gasteiger partial charge on any atom is -0.477 e. The average Bonchev–Trinajstić information content (AvgIpc) is 2.59. The zero-order valence-electron chi connectivity index (χ0n) is 12.7. The van der Waals surface area contributed by atoms with Crippen LogP contribution in [0.15, 0.2) is 36.5 Å². The maximum absolute atomic E-state index is 12.7. The number of hydrogen-bond donors (Lipinski definition) is 2. The molecule has 2 aromatic rings. The molecule has 1 aromatic heterocycles. The number of ether oxygens (including phenoxy) is 1. The lowest BCUT2D eigenvalue weighted by molar-refractivity contribution is -0.124. The second kappa shape index (κ2) is 7.38. The SMILES string of the molecule is O=C(N[C@H](CO)c1ccc(Cl)cc1Cl)C1CCOc2ncccc21. The molecule has 0 bridgehead atoms. The number of carbonyl (C=O) groups is 1. The molecule has 2 heterocycles. The normalized spacial score (nSPS) is 17.5. The van der Waals surface area contributed by atoms with Gasteiger partial charge in [0, 0.05) is 21.8 Å². The molecule has 1 aromatic carbocycles. The highest BCUT2D eigenvalue weighted by atomic mass is 35.5. The molecule has 0 saturated carbocycles. The van der Waals surface area contributed by atoms with Crippen LogP contribution in [0.5, 0.6) is 5.88 Å². The van der Waals surface area contributed by atoms with Crippen molar-refractivity contribution in [3.63, 3.8) is 0 Å². The van der Waals surface area contributed by atoms with Gasteiger partial charge in [0.1, 0.15) is 0 Å². The first-order valence-corrected chi connectivity index (χ1v) is 8.29. The Bertz CT molecular complexity index is 754. The predicted octanol–water partition coefficient (Wildman–Crippen LogP) is 3.10. The third-order valence-electron chi connectivity index (χ3n) is 3.97. The number of aromatic nitrogens is 1. The first-order chi connectivity index (χ1) is 11.6. The summed E-state index contributed by atoms with van der Waals surface area (Å²) in [7, 11) is 0. The molecule has 126 valence electrons. The summed E-state index contributed by atoms with van der Waals surface area (Å²) in [6.45, 7) is 0.157. The quantitative estimate of drug-likeness (QED) is 0.871. The number of nitrogens with one attached hydrogen (secondary N) is 1. The molecule has 0 aliphatic carbocycles. The van der Waals surface area contributed by atoms with Crippen LogP contribution in [0.1, 0.15) is 29.5 Å².